The predicted octanol–water partition coefficient (Wildman–Crippen LogP) is 1.97. The molecule has 0 radical (unpaired) electrons. The van der Waals surface area contributed by atoms with Gasteiger partial charge in [-0.25, -0.2) is 0 Å². The van der Waals surface area contributed by atoms with E-state index in [0.29, 0.717) is 0 Å². The SMILES string of the molecule is CC(CC(=O)O)NCCCN(C)c1ccccc1. The number of benzene rings is 1. The van der Waals surface area contributed by atoms with Crippen LogP contribution in [0.3, 0.4) is 0 Å². The molecule has 0 aliphatic carbocycles. The van der Waals surface area contributed by atoms with E-state index < -0.39 is 5.97 Å². The number of aliphatic carboxylic acids is 1. The Morgan fingerprint density at radius 1 is 1.39 bits per heavy atom. The number of carbonyl (C=O) groups is 1. The standard InChI is InChI=1S/C14H22N2O2/c1-12(11-14(17)18)15-9-6-10-16(2)13-7-4-3-5-8-13/h3-5,7-8,12,15H,6,9-11H2,1-2H3,(H,17,18). The van der Waals surface area contributed by atoms with Crippen molar-refractivity contribution in [2.75, 3.05) is 25.0 Å². The van der Waals surface area contributed by atoms with Gasteiger partial charge in [-0.3, -0.25) is 4.79 Å². The third kappa shape index (κ3) is 5.68. The number of hydrogen-bond acceptors (Lipinski definition) is 3. The fourth-order valence-electron chi connectivity index (χ4n) is 1.81. The molecule has 4 heteroatoms. The lowest BCUT2D eigenvalue weighted by molar-refractivity contribution is -0.137. The van der Waals surface area contributed by atoms with Crippen LogP contribution < -0.4 is 10.2 Å². The monoisotopic (exact) mass is 250 g/mol. The van der Waals surface area contributed by atoms with Gasteiger partial charge in [-0.2, -0.15) is 0 Å². The van der Waals surface area contributed by atoms with Crippen LogP contribution in [0.15, 0.2) is 30.3 Å². The molecule has 18 heavy (non-hydrogen) atoms. The Morgan fingerprint density at radius 2 is 2.06 bits per heavy atom. The zero-order chi connectivity index (χ0) is 13.4. The van der Waals surface area contributed by atoms with E-state index in [0.717, 1.165) is 19.5 Å². The Balaban J connectivity index is 2.16. The molecule has 1 aromatic carbocycles. The van der Waals surface area contributed by atoms with Gasteiger partial charge in [0.1, 0.15) is 0 Å². The van der Waals surface area contributed by atoms with E-state index in [1.807, 2.05) is 25.1 Å². The van der Waals surface area contributed by atoms with E-state index >= 15 is 0 Å². The van der Waals surface area contributed by atoms with Gasteiger partial charge >= 0.3 is 5.97 Å². The van der Waals surface area contributed by atoms with Gasteiger partial charge in [0.05, 0.1) is 6.42 Å². The van der Waals surface area contributed by atoms with Crippen LogP contribution in [0.5, 0.6) is 0 Å². The van der Waals surface area contributed by atoms with Gasteiger partial charge in [-0.1, -0.05) is 18.2 Å². The molecule has 0 amide bonds. The molecule has 2 N–H and O–H groups in total. The van der Waals surface area contributed by atoms with E-state index in [2.05, 4.69) is 29.4 Å². The minimum absolute atomic E-state index is 0.0320. The lowest BCUT2D eigenvalue weighted by Crippen LogP contribution is -2.31. The van der Waals surface area contributed by atoms with Crippen LogP contribution in [-0.4, -0.2) is 37.3 Å². The molecule has 0 heterocycles. The lowest BCUT2D eigenvalue weighted by Gasteiger charge is -2.20. The molecular weight excluding hydrogens is 228 g/mol. The van der Waals surface area contributed by atoms with Crippen molar-refractivity contribution in [1.29, 1.82) is 0 Å². The third-order valence-electron chi connectivity index (χ3n) is 2.84. The maximum atomic E-state index is 10.5. The van der Waals surface area contributed by atoms with Gasteiger partial charge in [-0.15, -0.1) is 0 Å². The number of nitrogens with zero attached hydrogens (tertiary/aromatic N) is 1. The van der Waals surface area contributed by atoms with Gasteiger partial charge in [0.25, 0.3) is 0 Å². The Bertz CT molecular complexity index is 354. The van der Waals surface area contributed by atoms with Crippen LogP contribution in [0.2, 0.25) is 0 Å². The minimum Gasteiger partial charge on any atom is -0.481 e. The van der Waals surface area contributed by atoms with Crippen LogP contribution in [0.25, 0.3) is 0 Å². The Kier molecular flexibility index (Phi) is 6.22. The normalized spacial score (nSPS) is 12.1. The molecule has 1 atom stereocenters. The van der Waals surface area contributed by atoms with E-state index in [-0.39, 0.29) is 12.5 Å². The van der Waals surface area contributed by atoms with Crippen molar-refractivity contribution in [3.05, 3.63) is 30.3 Å². The van der Waals surface area contributed by atoms with Gasteiger partial charge in [0.2, 0.25) is 0 Å². The zero-order valence-corrected chi connectivity index (χ0v) is 11.1. The second kappa shape index (κ2) is 7.71. The predicted molar refractivity (Wildman–Crippen MR) is 74.0 cm³/mol. The highest BCUT2D eigenvalue weighted by atomic mass is 16.4. The summed E-state index contributed by atoms with van der Waals surface area (Å²) < 4.78 is 0. The summed E-state index contributed by atoms with van der Waals surface area (Å²) in [6.07, 6.45) is 1.17. The molecule has 0 saturated carbocycles. The summed E-state index contributed by atoms with van der Waals surface area (Å²) in [5.41, 5.74) is 1.20. The maximum Gasteiger partial charge on any atom is 0.304 e. The fourth-order valence-corrected chi connectivity index (χ4v) is 1.81. The van der Waals surface area contributed by atoms with Crippen molar-refractivity contribution in [1.82, 2.24) is 5.32 Å². The molecule has 0 aromatic heterocycles. The van der Waals surface area contributed by atoms with Crippen molar-refractivity contribution >= 4 is 11.7 Å². The first-order valence-electron chi connectivity index (χ1n) is 6.31. The van der Waals surface area contributed by atoms with Gasteiger partial charge < -0.3 is 15.3 Å². The van der Waals surface area contributed by atoms with E-state index in [1.165, 1.54) is 5.69 Å². The largest absolute Gasteiger partial charge is 0.481 e. The molecule has 0 aliphatic rings. The second-order valence-electron chi connectivity index (χ2n) is 4.56. The number of hydrogen-bond donors (Lipinski definition) is 2. The smallest absolute Gasteiger partial charge is 0.304 e. The number of carboxylic acids is 1. The minimum atomic E-state index is -0.753. The second-order valence-corrected chi connectivity index (χ2v) is 4.56. The van der Waals surface area contributed by atoms with Crippen molar-refractivity contribution in [2.24, 2.45) is 0 Å². The summed E-state index contributed by atoms with van der Waals surface area (Å²) in [5.74, 6) is -0.753. The highest BCUT2D eigenvalue weighted by Gasteiger charge is 2.06. The van der Waals surface area contributed by atoms with Crippen molar-refractivity contribution in [3.63, 3.8) is 0 Å². The van der Waals surface area contributed by atoms with Crippen LogP contribution in [0, 0.1) is 0 Å². The molecule has 1 unspecified atom stereocenters. The highest BCUT2D eigenvalue weighted by Crippen LogP contribution is 2.10. The van der Waals surface area contributed by atoms with Crippen LogP contribution in [0.1, 0.15) is 19.8 Å². The number of para-hydroxylation sites is 1. The maximum absolute atomic E-state index is 10.5. The number of anilines is 1. The molecule has 4 nitrogen and oxygen atoms in total. The van der Waals surface area contributed by atoms with Crippen molar-refractivity contribution < 1.29 is 9.90 Å². The topological polar surface area (TPSA) is 52.6 Å². The summed E-state index contributed by atoms with van der Waals surface area (Å²) in [5, 5.41) is 11.8. The first-order valence-corrected chi connectivity index (χ1v) is 6.31. The number of nitrogens with one attached hydrogen (secondary N) is 1. The molecule has 100 valence electrons. The first kappa shape index (κ1) is 14.5. The molecule has 1 rings (SSSR count). The Morgan fingerprint density at radius 3 is 2.67 bits per heavy atom. The summed E-state index contributed by atoms with van der Waals surface area (Å²) in [6.45, 7) is 3.69. The van der Waals surface area contributed by atoms with Crippen molar-refractivity contribution in [2.45, 2.75) is 25.8 Å². The summed E-state index contributed by atoms with van der Waals surface area (Å²) in [7, 11) is 2.07. The van der Waals surface area contributed by atoms with Crippen LogP contribution in [-0.2, 0) is 4.79 Å². The summed E-state index contributed by atoms with van der Waals surface area (Å²) in [6, 6.07) is 10.3. The quantitative estimate of drug-likeness (QED) is 0.693. The number of rotatable bonds is 8. The van der Waals surface area contributed by atoms with Crippen LogP contribution >= 0.6 is 0 Å². The highest BCUT2D eigenvalue weighted by molar-refractivity contribution is 5.67. The van der Waals surface area contributed by atoms with Gasteiger partial charge in [0, 0.05) is 25.3 Å². The molecule has 1 aromatic rings. The number of carboxylic acid groups (broad SMARTS) is 1. The molecule has 0 saturated heterocycles. The fraction of sp³-hybridized carbons (Fsp3) is 0.500. The first-order chi connectivity index (χ1) is 8.59. The molecule has 0 bridgehead atoms. The molecule has 0 fully saturated rings. The van der Waals surface area contributed by atoms with E-state index in [1.54, 1.807) is 0 Å². The van der Waals surface area contributed by atoms with Gasteiger partial charge in [0.15, 0.2) is 0 Å². The Hall–Kier alpha value is -1.55. The van der Waals surface area contributed by atoms with Crippen LogP contribution in [0.4, 0.5) is 5.69 Å². The van der Waals surface area contributed by atoms with Gasteiger partial charge in [-0.05, 0) is 32.0 Å². The molecule has 0 aliphatic heterocycles. The molecular formula is C14H22N2O2. The lowest BCUT2D eigenvalue weighted by atomic mass is 10.2. The average Bonchev–Trinajstić information content (AvgIpc) is 2.34. The average molecular weight is 250 g/mol. The zero-order valence-electron chi connectivity index (χ0n) is 11.1. The summed E-state index contributed by atoms with van der Waals surface area (Å²) in [4.78, 5) is 12.7. The van der Waals surface area contributed by atoms with Crippen molar-refractivity contribution in [3.8, 4) is 0 Å². The van der Waals surface area contributed by atoms with E-state index in [9.17, 15) is 4.79 Å². The summed E-state index contributed by atoms with van der Waals surface area (Å²) >= 11 is 0. The van der Waals surface area contributed by atoms with E-state index in [4.69, 9.17) is 5.11 Å². The molecule has 0 spiro atoms. The third-order valence-corrected chi connectivity index (χ3v) is 2.84. The Labute approximate surface area is 109 Å².